The number of carbonyl (C=O) groups is 1. The Morgan fingerprint density at radius 2 is 2.40 bits per heavy atom. The van der Waals surface area contributed by atoms with Crippen LogP contribution < -0.4 is 9.47 Å². The summed E-state index contributed by atoms with van der Waals surface area (Å²) in [6.07, 6.45) is 2.17. The molecule has 0 aliphatic heterocycles. The summed E-state index contributed by atoms with van der Waals surface area (Å²) < 4.78 is 10.2. The second-order valence-electron chi connectivity index (χ2n) is 2.88. The first-order valence-corrected chi connectivity index (χ1v) is 4.57. The molecule has 5 heteroatoms. The van der Waals surface area contributed by atoms with E-state index >= 15 is 0 Å². The topological polar surface area (TPSA) is 68.7 Å². The number of pyridine rings is 1. The summed E-state index contributed by atoms with van der Waals surface area (Å²) in [5, 5.41) is 8.41. The summed E-state index contributed by atoms with van der Waals surface area (Å²) in [5.41, 5.74) is 0. The highest BCUT2D eigenvalue weighted by molar-refractivity contribution is 5.66. The number of aliphatic carboxylic acids is 1. The van der Waals surface area contributed by atoms with Crippen LogP contribution in [0.4, 0.5) is 0 Å². The summed E-state index contributed by atoms with van der Waals surface area (Å²) in [5.74, 6) is 0.295. The first-order valence-electron chi connectivity index (χ1n) is 4.57. The smallest absolute Gasteiger partial charge is 0.303 e. The molecule has 1 heterocycles. The molecular weight excluding hydrogens is 198 g/mol. The Labute approximate surface area is 87.7 Å². The van der Waals surface area contributed by atoms with E-state index in [0.29, 0.717) is 24.7 Å². The summed E-state index contributed by atoms with van der Waals surface area (Å²) in [6.45, 7) is 0.374. The number of methoxy groups -OCH3 is 1. The maximum absolute atomic E-state index is 10.2. The minimum absolute atomic E-state index is 0.113. The first kappa shape index (κ1) is 11.3. The molecular formula is C10H13NO4. The van der Waals surface area contributed by atoms with Gasteiger partial charge in [-0.2, -0.15) is 0 Å². The molecule has 15 heavy (non-hydrogen) atoms. The van der Waals surface area contributed by atoms with Crippen molar-refractivity contribution < 1.29 is 19.4 Å². The van der Waals surface area contributed by atoms with Crippen LogP contribution in [0.25, 0.3) is 0 Å². The van der Waals surface area contributed by atoms with Crippen molar-refractivity contribution >= 4 is 5.97 Å². The van der Waals surface area contributed by atoms with Crippen LogP contribution >= 0.6 is 0 Å². The number of carboxylic acid groups (broad SMARTS) is 1. The van der Waals surface area contributed by atoms with E-state index in [9.17, 15) is 4.79 Å². The van der Waals surface area contributed by atoms with Crippen molar-refractivity contribution in [3.8, 4) is 11.6 Å². The Hall–Kier alpha value is -1.78. The third-order valence-electron chi connectivity index (χ3n) is 1.72. The Kier molecular flexibility index (Phi) is 4.40. The van der Waals surface area contributed by atoms with E-state index < -0.39 is 5.97 Å². The van der Waals surface area contributed by atoms with Gasteiger partial charge in [-0.15, -0.1) is 0 Å². The molecule has 82 valence electrons. The summed E-state index contributed by atoms with van der Waals surface area (Å²) in [6, 6.07) is 3.35. The minimum atomic E-state index is -0.814. The van der Waals surface area contributed by atoms with Crippen LogP contribution in [0.1, 0.15) is 12.8 Å². The fourth-order valence-corrected chi connectivity index (χ4v) is 1.01. The number of ether oxygens (including phenoxy) is 2. The number of aromatic nitrogens is 1. The summed E-state index contributed by atoms with van der Waals surface area (Å²) >= 11 is 0. The fraction of sp³-hybridized carbons (Fsp3) is 0.400. The van der Waals surface area contributed by atoms with Gasteiger partial charge in [0.15, 0.2) is 0 Å². The maximum atomic E-state index is 10.2. The molecule has 0 amide bonds. The van der Waals surface area contributed by atoms with E-state index in [1.54, 1.807) is 18.3 Å². The number of rotatable bonds is 6. The van der Waals surface area contributed by atoms with Crippen LogP contribution in [0.3, 0.4) is 0 Å². The van der Waals surface area contributed by atoms with E-state index in [1.165, 1.54) is 7.11 Å². The molecule has 0 aliphatic carbocycles. The lowest BCUT2D eigenvalue weighted by Gasteiger charge is -2.05. The second kappa shape index (κ2) is 5.85. The molecule has 0 aromatic carbocycles. The van der Waals surface area contributed by atoms with Gasteiger partial charge in [-0.05, 0) is 12.5 Å². The van der Waals surface area contributed by atoms with Gasteiger partial charge in [0.1, 0.15) is 5.75 Å². The SMILES string of the molecule is COc1cc(OCCCC(=O)O)ccn1. The van der Waals surface area contributed by atoms with Gasteiger partial charge in [-0.1, -0.05) is 0 Å². The van der Waals surface area contributed by atoms with E-state index in [0.717, 1.165) is 0 Å². The van der Waals surface area contributed by atoms with Crippen LogP contribution in [0.15, 0.2) is 18.3 Å². The lowest BCUT2D eigenvalue weighted by atomic mass is 10.3. The van der Waals surface area contributed by atoms with Gasteiger partial charge in [-0.3, -0.25) is 4.79 Å². The van der Waals surface area contributed by atoms with Gasteiger partial charge in [0.2, 0.25) is 5.88 Å². The molecule has 0 radical (unpaired) electrons. The molecule has 5 nitrogen and oxygen atoms in total. The van der Waals surface area contributed by atoms with Gasteiger partial charge in [0.05, 0.1) is 13.7 Å². The molecule has 0 atom stereocenters. The van der Waals surface area contributed by atoms with Crippen LogP contribution in [-0.2, 0) is 4.79 Å². The van der Waals surface area contributed by atoms with Crippen LogP contribution in [0, 0.1) is 0 Å². The third-order valence-corrected chi connectivity index (χ3v) is 1.72. The molecule has 1 aromatic heterocycles. The molecule has 0 saturated carbocycles. The van der Waals surface area contributed by atoms with Gasteiger partial charge >= 0.3 is 5.97 Å². The minimum Gasteiger partial charge on any atom is -0.493 e. The zero-order valence-corrected chi connectivity index (χ0v) is 8.47. The number of carboxylic acids is 1. The van der Waals surface area contributed by atoms with E-state index in [2.05, 4.69) is 4.98 Å². The highest BCUT2D eigenvalue weighted by Crippen LogP contribution is 2.15. The molecule has 0 fully saturated rings. The monoisotopic (exact) mass is 211 g/mol. The van der Waals surface area contributed by atoms with E-state index in [-0.39, 0.29) is 6.42 Å². The zero-order valence-electron chi connectivity index (χ0n) is 8.47. The molecule has 1 aromatic rings. The van der Waals surface area contributed by atoms with Gasteiger partial charge in [0.25, 0.3) is 0 Å². The van der Waals surface area contributed by atoms with E-state index in [4.69, 9.17) is 14.6 Å². The highest BCUT2D eigenvalue weighted by Gasteiger charge is 1.99. The van der Waals surface area contributed by atoms with E-state index in [1.807, 2.05) is 0 Å². The van der Waals surface area contributed by atoms with Crippen molar-refractivity contribution in [2.45, 2.75) is 12.8 Å². The van der Waals surface area contributed by atoms with Crippen LogP contribution in [-0.4, -0.2) is 29.8 Å². The predicted molar refractivity (Wildman–Crippen MR) is 53.2 cm³/mol. The molecule has 0 aliphatic rings. The molecule has 0 saturated heterocycles. The van der Waals surface area contributed by atoms with Crippen molar-refractivity contribution in [2.24, 2.45) is 0 Å². The lowest BCUT2D eigenvalue weighted by Crippen LogP contribution is -2.02. The Morgan fingerprint density at radius 1 is 1.60 bits per heavy atom. The van der Waals surface area contributed by atoms with Crippen LogP contribution in [0.2, 0.25) is 0 Å². The standard InChI is InChI=1S/C10H13NO4/c1-14-9-7-8(4-5-11-9)15-6-2-3-10(12)13/h4-5,7H,2-3,6H2,1H3,(H,12,13). The molecule has 0 bridgehead atoms. The first-order chi connectivity index (χ1) is 7.22. The van der Waals surface area contributed by atoms with Crippen molar-refractivity contribution in [1.29, 1.82) is 0 Å². The number of hydrogen-bond donors (Lipinski definition) is 1. The molecule has 1 N–H and O–H groups in total. The predicted octanol–water partition coefficient (Wildman–Crippen LogP) is 1.33. The van der Waals surface area contributed by atoms with Crippen molar-refractivity contribution in [3.05, 3.63) is 18.3 Å². The highest BCUT2D eigenvalue weighted by atomic mass is 16.5. The molecule has 1 rings (SSSR count). The summed E-state index contributed by atoms with van der Waals surface area (Å²) in [4.78, 5) is 14.1. The van der Waals surface area contributed by atoms with Crippen molar-refractivity contribution in [3.63, 3.8) is 0 Å². The number of nitrogens with zero attached hydrogens (tertiary/aromatic N) is 1. The maximum Gasteiger partial charge on any atom is 0.303 e. The summed E-state index contributed by atoms with van der Waals surface area (Å²) in [7, 11) is 1.52. The Morgan fingerprint density at radius 3 is 3.07 bits per heavy atom. The zero-order chi connectivity index (χ0) is 11.1. The Bertz CT molecular complexity index is 327. The lowest BCUT2D eigenvalue weighted by molar-refractivity contribution is -0.137. The molecule has 0 unspecified atom stereocenters. The largest absolute Gasteiger partial charge is 0.493 e. The van der Waals surface area contributed by atoms with Crippen molar-refractivity contribution in [1.82, 2.24) is 4.98 Å². The average Bonchev–Trinajstić information content (AvgIpc) is 2.24. The second-order valence-corrected chi connectivity index (χ2v) is 2.88. The molecule has 0 spiro atoms. The van der Waals surface area contributed by atoms with Gasteiger partial charge in [-0.25, -0.2) is 4.98 Å². The van der Waals surface area contributed by atoms with Crippen molar-refractivity contribution in [2.75, 3.05) is 13.7 Å². The normalized spacial score (nSPS) is 9.67. The fourth-order valence-electron chi connectivity index (χ4n) is 1.01. The average molecular weight is 211 g/mol. The van der Waals surface area contributed by atoms with Gasteiger partial charge in [0, 0.05) is 18.7 Å². The quantitative estimate of drug-likeness (QED) is 0.719. The van der Waals surface area contributed by atoms with Gasteiger partial charge < -0.3 is 14.6 Å². The Balaban J connectivity index is 2.33. The van der Waals surface area contributed by atoms with Crippen LogP contribution in [0.5, 0.6) is 11.6 Å². The number of hydrogen-bond acceptors (Lipinski definition) is 4. The third kappa shape index (κ3) is 4.30.